The Morgan fingerprint density at radius 3 is 2.66 bits per heavy atom. The molecule has 0 bridgehead atoms. The molecule has 1 saturated carbocycles. The summed E-state index contributed by atoms with van der Waals surface area (Å²) in [4.78, 5) is 21.0. The molecule has 0 atom stereocenters. The summed E-state index contributed by atoms with van der Waals surface area (Å²) in [5.74, 6) is -0.0101. The van der Waals surface area contributed by atoms with Crippen molar-refractivity contribution in [3.63, 3.8) is 0 Å². The number of ether oxygens (including phenoxy) is 1. The number of carbonyl (C=O) groups is 1. The molecule has 0 radical (unpaired) electrons. The molecule has 2 aliphatic rings. The molecule has 10 heteroatoms. The van der Waals surface area contributed by atoms with Crippen molar-refractivity contribution in [1.82, 2.24) is 34.6 Å². The molecule has 1 aliphatic carbocycles. The van der Waals surface area contributed by atoms with Crippen molar-refractivity contribution in [3.05, 3.63) is 47.3 Å². The highest BCUT2D eigenvalue weighted by Gasteiger charge is 2.40. The van der Waals surface area contributed by atoms with Crippen molar-refractivity contribution in [2.24, 2.45) is 7.05 Å². The molecule has 1 saturated heterocycles. The molecule has 2 fully saturated rings. The van der Waals surface area contributed by atoms with E-state index in [-0.39, 0.29) is 11.4 Å². The number of amides is 1. The summed E-state index contributed by atoms with van der Waals surface area (Å²) in [6.45, 7) is 4.14. The van der Waals surface area contributed by atoms with Gasteiger partial charge < -0.3 is 10.1 Å². The van der Waals surface area contributed by atoms with Crippen LogP contribution >= 0.6 is 11.3 Å². The quantitative estimate of drug-likeness (QED) is 0.446. The highest BCUT2D eigenvalue weighted by atomic mass is 32.1. The van der Waals surface area contributed by atoms with E-state index in [4.69, 9.17) is 4.74 Å². The molecule has 6 rings (SSSR count). The van der Waals surface area contributed by atoms with Crippen LogP contribution in [0.2, 0.25) is 0 Å². The van der Waals surface area contributed by atoms with Crippen LogP contribution in [0.5, 0.6) is 0 Å². The van der Waals surface area contributed by atoms with Gasteiger partial charge in [-0.25, -0.2) is 9.50 Å². The van der Waals surface area contributed by atoms with Gasteiger partial charge >= 0.3 is 0 Å². The second-order valence-corrected chi connectivity index (χ2v) is 10.4. The zero-order valence-electron chi connectivity index (χ0n) is 19.8. The minimum Gasteiger partial charge on any atom is -0.379 e. The number of thiophene rings is 1. The average Bonchev–Trinajstić information content (AvgIpc) is 3.69. The van der Waals surface area contributed by atoms with Crippen molar-refractivity contribution < 1.29 is 9.53 Å². The fourth-order valence-corrected chi connectivity index (χ4v) is 6.22. The molecule has 0 aromatic carbocycles. The van der Waals surface area contributed by atoms with Gasteiger partial charge in [0.1, 0.15) is 0 Å². The number of fused-ring (bicyclic) bond motifs is 1. The largest absolute Gasteiger partial charge is 0.379 e. The number of aromatic nitrogens is 5. The van der Waals surface area contributed by atoms with E-state index in [0.29, 0.717) is 11.4 Å². The molecule has 1 aliphatic heterocycles. The minimum absolute atomic E-state index is 0.0101. The lowest BCUT2D eigenvalue weighted by Crippen LogP contribution is -2.57. The Bertz CT molecular complexity index is 1340. The van der Waals surface area contributed by atoms with Gasteiger partial charge in [0.15, 0.2) is 5.65 Å². The molecule has 182 valence electrons. The number of hydrogen-bond donors (Lipinski definition) is 1. The molecule has 0 unspecified atom stereocenters. The number of rotatable bonds is 6. The van der Waals surface area contributed by atoms with Crippen LogP contribution in [-0.4, -0.2) is 73.6 Å². The zero-order chi connectivity index (χ0) is 23.8. The van der Waals surface area contributed by atoms with Crippen LogP contribution in [-0.2, 0) is 11.8 Å². The SMILES string of the molecule is Cn1cc(-c2cnc3c(-c4csc(C(=O)NCC5(N6CCOCC6)CCCC5)c4)cnn3c2)cn1. The Balaban J connectivity index is 1.18. The van der Waals surface area contributed by atoms with E-state index in [0.717, 1.165) is 67.0 Å². The Labute approximate surface area is 207 Å². The van der Waals surface area contributed by atoms with Crippen molar-refractivity contribution in [2.45, 2.75) is 31.2 Å². The molecule has 4 aromatic heterocycles. The summed E-state index contributed by atoms with van der Waals surface area (Å²) < 4.78 is 9.10. The normalized spacial score (nSPS) is 18.3. The number of morpholine rings is 1. The van der Waals surface area contributed by atoms with E-state index in [1.807, 2.05) is 49.5 Å². The van der Waals surface area contributed by atoms with E-state index in [2.05, 4.69) is 25.4 Å². The van der Waals surface area contributed by atoms with Gasteiger partial charge in [-0.2, -0.15) is 10.2 Å². The van der Waals surface area contributed by atoms with E-state index in [1.165, 1.54) is 24.2 Å². The highest BCUT2D eigenvalue weighted by molar-refractivity contribution is 7.12. The van der Waals surface area contributed by atoms with E-state index >= 15 is 0 Å². The fourth-order valence-electron chi connectivity index (χ4n) is 5.40. The highest BCUT2D eigenvalue weighted by Crippen LogP contribution is 2.36. The smallest absolute Gasteiger partial charge is 0.261 e. The van der Waals surface area contributed by atoms with Crippen LogP contribution in [0.3, 0.4) is 0 Å². The molecule has 0 spiro atoms. The predicted molar refractivity (Wildman–Crippen MR) is 134 cm³/mol. The van der Waals surface area contributed by atoms with Crippen LogP contribution in [0.4, 0.5) is 0 Å². The Morgan fingerprint density at radius 2 is 1.89 bits per heavy atom. The molecule has 4 aromatic rings. The number of nitrogens with one attached hydrogen (secondary N) is 1. The Hall–Kier alpha value is -3.08. The Morgan fingerprint density at radius 1 is 1.09 bits per heavy atom. The summed E-state index contributed by atoms with van der Waals surface area (Å²) >= 11 is 1.46. The third-order valence-corrected chi connectivity index (χ3v) is 8.25. The first-order valence-electron chi connectivity index (χ1n) is 12.1. The van der Waals surface area contributed by atoms with Gasteiger partial charge in [-0.3, -0.25) is 14.4 Å². The predicted octanol–water partition coefficient (Wildman–Crippen LogP) is 3.23. The molecular weight excluding hydrogens is 462 g/mol. The van der Waals surface area contributed by atoms with Crippen LogP contribution in [0.15, 0.2) is 42.4 Å². The summed E-state index contributed by atoms with van der Waals surface area (Å²) in [5.41, 5.74) is 4.65. The average molecular weight is 492 g/mol. The van der Waals surface area contributed by atoms with Gasteiger partial charge in [0.05, 0.1) is 30.5 Å². The first-order chi connectivity index (χ1) is 17.1. The van der Waals surface area contributed by atoms with Gasteiger partial charge in [0.25, 0.3) is 5.91 Å². The van der Waals surface area contributed by atoms with Crippen molar-refractivity contribution in [3.8, 4) is 22.3 Å². The van der Waals surface area contributed by atoms with E-state index in [1.54, 1.807) is 9.20 Å². The Kier molecular flexibility index (Phi) is 5.87. The maximum Gasteiger partial charge on any atom is 0.261 e. The lowest BCUT2D eigenvalue weighted by Gasteiger charge is -2.43. The van der Waals surface area contributed by atoms with Crippen molar-refractivity contribution in [2.75, 3.05) is 32.8 Å². The first kappa shape index (κ1) is 22.4. The van der Waals surface area contributed by atoms with Crippen LogP contribution < -0.4 is 5.32 Å². The summed E-state index contributed by atoms with van der Waals surface area (Å²) in [6.07, 6.45) is 14.1. The number of nitrogens with zero attached hydrogens (tertiary/aromatic N) is 6. The van der Waals surface area contributed by atoms with Crippen LogP contribution in [0.1, 0.15) is 35.4 Å². The standard InChI is InChI=1S/C25H29N7O2S/c1-30-14-20(12-28-30)19-11-26-23-21(13-29-32(23)15-19)18-10-22(35-16-18)24(33)27-17-25(4-2-3-5-25)31-6-8-34-9-7-31/h10-16H,2-9,17H2,1H3,(H,27,33). The minimum atomic E-state index is -0.0101. The van der Waals surface area contributed by atoms with Crippen LogP contribution in [0, 0.1) is 0 Å². The monoisotopic (exact) mass is 491 g/mol. The number of hydrogen-bond acceptors (Lipinski definition) is 7. The molecule has 5 heterocycles. The molecular formula is C25H29N7O2S. The molecule has 35 heavy (non-hydrogen) atoms. The van der Waals surface area contributed by atoms with Crippen molar-refractivity contribution in [1.29, 1.82) is 0 Å². The van der Waals surface area contributed by atoms with E-state index < -0.39 is 0 Å². The maximum absolute atomic E-state index is 13.1. The van der Waals surface area contributed by atoms with Gasteiger partial charge in [-0.15, -0.1) is 11.3 Å². The summed E-state index contributed by atoms with van der Waals surface area (Å²) in [5, 5.41) is 14.0. The second kappa shape index (κ2) is 9.18. The maximum atomic E-state index is 13.1. The zero-order valence-corrected chi connectivity index (χ0v) is 20.6. The first-order valence-corrected chi connectivity index (χ1v) is 13.0. The lowest BCUT2D eigenvalue weighted by atomic mass is 9.94. The number of aryl methyl sites for hydroxylation is 1. The third-order valence-electron chi connectivity index (χ3n) is 7.32. The van der Waals surface area contributed by atoms with Gasteiger partial charge in [-0.1, -0.05) is 12.8 Å². The van der Waals surface area contributed by atoms with Crippen molar-refractivity contribution >= 4 is 22.9 Å². The van der Waals surface area contributed by atoms with Crippen LogP contribution in [0.25, 0.3) is 27.9 Å². The molecule has 1 amide bonds. The van der Waals surface area contributed by atoms with E-state index in [9.17, 15) is 4.79 Å². The molecule has 1 N–H and O–H groups in total. The molecule has 9 nitrogen and oxygen atoms in total. The summed E-state index contributed by atoms with van der Waals surface area (Å²) in [6, 6.07) is 1.95. The van der Waals surface area contributed by atoms with Gasteiger partial charge in [-0.05, 0) is 29.9 Å². The lowest BCUT2D eigenvalue weighted by molar-refractivity contribution is -0.0199. The second-order valence-electron chi connectivity index (χ2n) is 9.48. The topological polar surface area (TPSA) is 89.6 Å². The van der Waals surface area contributed by atoms with Gasteiger partial charge in [0, 0.05) is 67.5 Å². The third kappa shape index (κ3) is 4.26. The fraction of sp³-hybridized carbons (Fsp3) is 0.440. The number of carbonyl (C=O) groups excluding carboxylic acids is 1. The van der Waals surface area contributed by atoms with Gasteiger partial charge in [0.2, 0.25) is 0 Å². The summed E-state index contributed by atoms with van der Waals surface area (Å²) in [7, 11) is 1.89.